The van der Waals surface area contributed by atoms with Gasteiger partial charge in [0.15, 0.2) is 0 Å². The van der Waals surface area contributed by atoms with Gasteiger partial charge in [0.2, 0.25) is 0 Å². The molecule has 1 fully saturated rings. The first-order valence-corrected chi connectivity index (χ1v) is 9.34. The van der Waals surface area contributed by atoms with Crippen molar-refractivity contribution in [2.75, 3.05) is 11.5 Å². The van der Waals surface area contributed by atoms with Crippen molar-refractivity contribution < 1.29 is 14.4 Å². The molecule has 2 atom stereocenters. The summed E-state index contributed by atoms with van der Waals surface area (Å²) >= 11 is 0. The van der Waals surface area contributed by atoms with Crippen LogP contribution < -0.4 is 4.90 Å². The summed E-state index contributed by atoms with van der Waals surface area (Å²) in [6.07, 6.45) is 5.01. The predicted octanol–water partition coefficient (Wildman–Crippen LogP) is 2.56. The summed E-state index contributed by atoms with van der Waals surface area (Å²) in [6.45, 7) is 0.966. The molecule has 2 aliphatic rings. The fourth-order valence-corrected chi connectivity index (χ4v) is 3.64. The second kappa shape index (κ2) is 7.34. The Morgan fingerprint density at radius 3 is 2.72 bits per heavy atom. The number of carbonyl (C=O) groups is 1. The molecule has 2 unspecified atom stereocenters. The quantitative estimate of drug-likeness (QED) is 0.665. The standard InChI is InChI=1S/C20H18N6O3/c27-20-26(15-4-2-1-3-5-15)19(18(29-20)13-25-10-9-22-24-25)14-6-7-16(21-12-14)17-8-11-28-23-17/h1-7,9-10,12,18-19H,8,11,13H2. The van der Waals surface area contributed by atoms with Gasteiger partial charge in [-0.15, -0.1) is 5.10 Å². The van der Waals surface area contributed by atoms with E-state index in [1.807, 2.05) is 42.5 Å². The molecule has 9 heteroatoms. The lowest BCUT2D eigenvalue weighted by Crippen LogP contribution is -2.31. The zero-order valence-corrected chi connectivity index (χ0v) is 15.5. The Morgan fingerprint density at radius 1 is 1.14 bits per heavy atom. The number of hydrogen-bond donors (Lipinski definition) is 0. The van der Waals surface area contributed by atoms with E-state index in [1.165, 1.54) is 0 Å². The molecule has 3 aromatic rings. The molecule has 146 valence electrons. The molecule has 4 heterocycles. The van der Waals surface area contributed by atoms with Gasteiger partial charge >= 0.3 is 6.09 Å². The molecule has 0 bridgehead atoms. The second-order valence-corrected chi connectivity index (χ2v) is 6.80. The van der Waals surface area contributed by atoms with Crippen molar-refractivity contribution in [3.05, 3.63) is 72.3 Å². The van der Waals surface area contributed by atoms with Gasteiger partial charge in [-0.25, -0.2) is 9.48 Å². The number of rotatable bonds is 5. The Kier molecular flexibility index (Phi) is 4.39. The molecule has 0 N–H and O–H groups in total. The molecule has 1 amide bonds. The van der Waals surface area contributed by atoms with Crippen LogP contribution in [0.3, 0.4) is 0 Å². The van der Waals surface area contributed by atoms with Crippen LogP contribution in [0.2, 0.25) is 0 Å². The SMILES string of the molecule is O=C1OC(Cn2ccnn2)C(c2ccc(C3=NOCC3)nc2)N1c1ccccc1. The van der Waals surface area contributed by atoms with Crippen LogP contribution in [0.4, 0.5) is 10.5 Å². The largest absolute Gasteiger partial charge is 0.441 e. The number of pyridine rings is 1. The fourth-order valence-electron chi connectivity index (χ4n) is 3.64. The molecular formula is C20H18N6O3. The van der Waals surface area contributed by atoms with E-state index in [9.17, 15) is 4.79 Å². The molecule has 0 spiro atoms. The van der Waals surface area contributed by atoms with E-state index in [2.05, 4.69) is 20.5 Å². The first-order chi connectivity index (χ1) is 14.3. The van der Waals surface area contributed by atoms with Crippen molar-refractivity contribution in [1.82, 2.24) is 20.0 Å². The zero-order valence-electron chi connectivity index (χ0n) is 15.5. The van der Waals surface area contributed by atoms with E-state index >= 15 is 0 Å². The molecular weight excluding hydrogens is 372 g/mol. The van der Waals surface area contributed by atoms with E-state index < -0.39 is 12.2 Å². The van der Waals surface area contributed by atoms with Gasteiger partial charge in [0.1, 0.15) is 24.5 Å². The maximum atomic E-state index is 12.8. The number of amides is 1. The minimum atomic E-state index is -0.441. The highest BCUT2D eigenvalue weighted by Gasteiger charge is 2.44. The Hall–Kier alpha value is -3.75. The molecule has 5 rings (SSSR count). The Morgan fingerprint density at radius 2 is 2.03 bits per heavy atom. The lowest BCUT2D eigenvalue weighted by Gasteiger charge is -2.25. The van der Waals surface area contributed by atoms with Gasteiger partial charge in [-0.1, -0.05) is 34.6 Å². The van der Waals surface area contributed by atoms with Crippen LogP contribution in [-0.4, -0.2) is 44.5 Å². The number of ether oxygens (including phenoxy) is 1. The Labute approximate surface area is 166 Å². The number of oxime groups is 1. The normalized spacial score (nSPS) is 21.0. The van der Waals surface area contributed by atoms with Crippen LogP contribution in [0.5, 0.6) is 0 Å². The molecule has 0 radical (unpaired) electrons. The number of anilines is 1. The van der Waals surface area contributed by atoms with Gasteiger partial charge in [0.25, 0.3) is 0 Å². The van der Waals surface area contributed by atoms with E-state index in [0.717, 1.165) is 29.1 Å². The van der Waals surface area contributed by atoms with Crippen molar-refractivity contribution in [2.45, 2.75) is 25.1 Å². The third-order valence-electron chi connectivity index (χ3n) is 4.98. The predicted molar refractivity (Wildman–Crippen MR) is 103 cm³/mol. The summed E-state index contributed by atoms with van der Waals surface area (Å²) in [5.74, 6) is 0. The molecule has 2 aliphatic heterocycles. The molecule has 29 heavy (non-hydrogen) atoms. The molecule has 1 aromatic carbocycles. The monoisotopic (exact) mass is 390 g/mol. The van der Waals surface area contributed by atoms with Gasteiger partial charge in [-0.05, 0) is 23.8 Å². The topological polar surface area (TPSA) is 94.7 Å². The number of benzene rings is 1. The molecule has 9 nitrogen and oxygen atoms in total. The van der Waals surface area contributed by atoms with Gasteiger partial charge in [0.05, 0.1) is 18.4 Å². The third kappa shape index (κ3) is 3.31. The molecule has 1 saturated heterocycles. The first kappa shape index (κ1) is 17.4. The molecule has 0 aliphatic carbocycles. The van der Waals surface area contributed by atoms with Crippen molar-refractivity contribution in [1.29, 1.82) is 0 Å². The van der Waals surface area contributed by atoms with Crippen LogP contribution in [0, 0.1) is 0 Å². The van der Waals surface area contributed by atoms with Crippen LogP contribution in [0.1, 0.15) is 23.7 Å². The number of para-hydroxylation sites is 1. The minimum Gasteiger partial charge on any atom is -0.441 e. The van der Waals surface area contributed by atoms with Gasteiger partial charge in [0, 0.05) is 24.5 Å². The highest BCUT2D eigenvalue weighted by molar-refractivity contribution is 5.99. The average Bonchev–Trinajstić information content (AvgIpc) is 3.51. The zero-order chi connectivity index (χ0) is 19.6. The second-order valence-electron chi connectivity index (χ2n) is 6.80. The number of cyclic esters (lactones) is 1. The van der Waals surface area contributed by atoms with Crippen molar-refractivity contribution >= 4 is 17.5 Å². The summed E-state index contributed by atoms with van der Waals surface area (Å²) in [6, 6.07) is 13.0. The van der Waals surface area contributed by atoms with Crippen LogP contribution in [-0.2, 0) is 16.1 Å². The lowest BCUT2D eigenvalue weighted by molar-refractivity contribution is 0.117. The fraction of sp³-hybridized carbons (Fsp3) is 0.250. The average molecular weight is 390 g/mol. The van der Waals surface area contributed by atoms with Crippen molar-refractivity contribution in [2.24, 2.45) is 5.16 Å². The smallest absolute Gasteiger partial charge is 0.415 e. The summed E-state index contributed by atoms with van der Waals surface area (Å²) in [7, 11) is 0. The number of nitrogens with zero attached hydrogens (tertiary/aromatic N) is 6. The first-order valence-electron chi connectivity index (χ1n) is 9.34. The summed E-state index contributed by atoms with van der Waals surface area (Å²) < 4.78 is 7.38. The summed E-state index contributed by atoms with van der Waals surface area (Å²) in [5.41, 5.74) is 3.24. The number of carbonyl (C=O) groups excluding carboxylic acids is 1. The summed E-state index contributed by atoms with van der Waals surface area (Å²) in [5, 5.41) is 11.9. The van der Waals surface area contributed by atoms with E-state index in [0.29, 0.717) is 13.2 Å². The van der Waals surface area contributed by atoms with E-state index in [-0.39, 0.29) is 6.04 Å². The number of hydrogen-bond acceptors (Lipinski definition) is 7. The lowest BCUT2D eigenvalue weighted by atomic mass is 10.0. The summed E-state index contributed by atoms with van der Waals surface area (Å²) in [4.78, 5) is 24.1. The maximum absolute atomic E-state index is 12.8. The number of aromatic nitrogens is 4. The maximum Gasteiger partial charge on any atom is 0.415 e. The molecule has 0 saturated carbocycles. The van der Waals surface area contributed by atoms with Crippen molar-refractivity contribution in [3.8, 4) is 0 Å². The van der Waals surface area contributed by atoms with Crippen LogP contribution in [0.25, 0.3) is 0 Å². The third-order valence-corrected chi connectivity index (χ3v) is 4.98. The Balaban J connectivity index is 1.51. The highest BCUT2D eigenvalue weighted by atomic mass is 16.6. The minimum absolute atomic E-state index is 0.350. The van der Waals surface area contributed by atoms with Gasteiger partial charge in [-0.2, -0.15) is 0 Å². The Bertz CT molecular complexity index is 1020. The molecule has 2 aromatic heterocycles. The van der Waals surface area contributed by atoms with Gasteiger partial charge in [-0.3, -0.25) is 9.88 Å². The van der Waals surface area contributed by atoms with Crippen LogP contribution in [0.15, 0.2) is 66.2 Å². The highest BCUT2D eigenvalue weighted by Crippen LogP contribution is 2.37. The van der Waals surface area contributed by atoms with E-state index in [1.54, 1.807) is 28.2 Å². The van der Waals surface area contributed by atoms with Crippen molar-refractivity contribution in [3.63, 3.8) is 0 Å². The van der Waals surface area contributed by atoms with Crippen LogP contribution >= 0.6 is 0 Å². The van der Waals surface area contributed by atoms with E-state index in [4.69, 9.17) is 9.57 Å². The van der Waals surface area contributed by atoms with Gasteiger partial charge < -0.3 is 9.57 Å².